The number of rotatable bonds is 3. The van der Waals surface area contributed by atoms with Gasteiger partial charge in [0.15, 0.2) is 11.7 Å². The van der Waals surface area contributed by atoms with Gasteiger partial charge in [-0.05, 0) is 0 Å². The summed E-state index contributed by atoms with van der Waals surface area (Å²) in [6.45, 7) is 0. The molecule has 1 N–H and O–H groups in total. The number of amidine groups is 2. The summed E-state index contributed by atoms with van der Waals surface area (Å²) in [4.78, 5) is 12.1. The fourth-order valence-electron chi connectivity index (χ4n) is 2.06. The molecule has 0 fully saturated rings. The molecule has 1 amide bonds. The first-order valence-electron chi connectivity index (χ1n) is 6.71. The third kappa shape index (κ3) is 2.84. The summed E-state index contributed by atoms with van der Waals surface area (Å²) in [5, 5.41) is 9.71. The maximum Gasteiger partial charge on any atom is 0.262 e. The fraction of sp³-hybridized carbons (Fsp3) is 0.0625. The highest BCUT2D eigenvalue weighted by Crippen LogP contribution is 2.11. The number of benzene rings is 2. The van der Waals surface area contributed by atoms with Crippen molar-refractivity contribution >= 4 is 29.2 Å². The fourth-order valence-corrected chi connectivity index (χ4v) is 2.18. The first-order chi connectivity index (χ1) is 10.8. The normalized spacial score (nSPS) is 14.0. The summed E-state index contributed by atoms with van der Waals surface area (Å²) in [6.07, 6.45) is 0. The molecule has 1 heterocycles. The Morgan fingerprint density at radius 1 is 0.955 bits per heavy atom. The predicted molar refractivity (Wildman–Crippen MR) is 86.7 cm³/mol. The summed E-state index contributed by atoms with van der Waals surface area (Å²) in [5.41, 5.74) is 4.61. The zero-order chi connectivity index (χ0) is 15.4. The highest BCUT2D eigenvalue weighted by molar-refractivity contribution is 6.29. The molecule has 0 saturated heterocycles. The van der Waals surface area contributed by atoms with Crippen LogP contribution >= 0.6 is 11.6 Å². The van der Waals surface area contributed by atoms with Gasteiger partial charge in [-0.3, -0.25) is 10.2 Å². The lowest BCUT2D eigenvalue weighted by Crippen LogP contribution is -2.52. The molecular formula is C16H13ClN4O. The van der Waals surface area contributed by atoms with Gasteiger partial charge in [-0.1, -0.05) is 60.7 Å². The number of nitrogens with zero attached hydrogens (tertiary/aromatic N) is 3. The van der Waals surface area contributed by atoms with E-state index in [1.165, 1.54) is 5.01 Å². The Morgan fingerprint density at radius 3 is 2.14 bits per heavy atom. The average molecular weight is 313 g/mol. The molecule has 0 aromatic heterocycles. The molecule has 0 saturated carbocycles. The molecule has 0 unspecified atom stereocenters. The van der Waals surface area contributed by atoms with Crippen LogP contribution in [0.15, 0.2) is 70.9 Å². The molecule has 0 atom stereocenters. The number of hydrogen-bond acceptors (Lipinski definition) is 4. The van der Waals surface area contributed by atoms with Gasteiger partial charge in [-0.2, -0.15) is 5.01 Å². The Bertz CT molecular complexity index is 728. The molecule has 3 rings (SSSR count). The Labute approximate surface area is 132 Å². The molecule has 0 radical (unpaired) electrons. The van der Waals surface area contributed by atoms with Crippen molar-refractivity contribution < 1.29 is 4.79 Å². The molecule has 0 bridgehead atoms. The predicted octanol–water partition coefficient (Wildman–Crippen LogP) is 2.38. The van der Waals surface area contributed by atoms with Crippen LogP contribution in [0.3, 0.4) is 0 Å². The van der Waals surface area contributed by atoms with Gasteiger partial charge in [-0.25, -0.2) is 0 Å². The molecule has 2 aromatic rings. The molecule has 0 aliphatic carbocycles. The van der Waals surface area contributed by atoms with E-state index in [0.29, 0.717) is 11.7 Å². The Hall–Kier alpha value is -2.66. The van der Waals surface area contributed by atoms with Crippen LogP contribution in [0, 0.1) is 0 Å². The van der Waals surface area contributed by atoms with E-state index < -0.39 is 0 Å². The standard InChI is InChI=1S/C16H13ClN4O/c17-11-14(22)21-16(13-9-5-2-6-10-13)19-18-15(20-21)12-7-3-1-4-8-12/h1-10H,11H2,(H,18,20). The van der Waals surface area contributed by atoms with Gasteiger partial charge in [0.25, 0.3) is 5.91 Å². The Morgan fingerprint density at radius 2 is 1.55 bits per heavy atom. The van der Waals surface area contributed by atoms with Crippen LogP contribution < -0.4 is 5.43 Å². The molecule has 22 heavy (non-hydrogen) atoms. The average Bonchev–Trinajstić information content (AvgIpc) is 2.62. The largest absolute Gasteiger partial charge is 0.271 e. The van der Waals surface area contributed by atoms with E-state index in [4.69, 9.17) is 11.6 Å². The lowest BCUT2D eigenvalue weighted by atomic mass is 10.2. The second-order valence-corrected chi connectivity index (χ2v) is 4.85. The molecule has 0 spiro atoms. The number of hydrazine groups is 1. The van der Waals surface area contributed by atoms with Gasteiger partial charge >= 0.3 is 0 Å². The molecule has 1 aliphatic rings. The SMILES string of the molecule is O=C(CCl)N1NC(c2ccccc2)=NN=C1c1ccccc1. The molecule has 5 nitrogen and oxygen atoms in total. The number of halogens is 1. The lowest BCUT2D eigenvalue weighted by molar-refractivity contribution is -0.126. The van der Waals surface area contributed by atoms with Crippen LogP contribution in [0.1, 0.15) is 11.1 Å². The van der Waals surface area contributed by atoms with Crippen molar-refractivity contribution in [1.29, 1.82) is 0 Å². The van der Waals surface area contributed by atoms with Crippen LogP contribution in [-0.4, -0.2) is 28.5 Å². The van der Waals surface area contributed by atoms with Crippen LogP contribution in [0.4, 0.5) is 0 Å². The molecule has 110 valence electrons. The minimum atomic E-state index is -0.299. The maximum absolute atomic E-state index is 12.1. The van der Waals surface area contributed by atoms with E-state index in [9.17, 15) is 4.79 Å². The third-order valence-corrected chi connectivity index (χ3v) is 3.35. The minimum absolute atomic E-state index is 0.152. The summed E-state index contributed by atoms with van der Waals surface area (Å²) in [5.74, 6) is 0.471. The monoisotopic (exact) mass is 312 g/mol. The van der Waals surface area contributed by atoms with Crippen molar-refractivity contribution in [3.8, 4) is 0 Å². The number of nitrogens with one attached hydrogen (secondary N) is 1. The van der Waals surface area contributed by atoms with Crippen LogP contribution in [0.5, 0.6) is 0 Å². The number of carbonyl (C=O) groups excluding carboxylic acids is 1. The maximum atomic E-state index is 12.1. The second-order valence-electron chi connectivity index (χ2n) is 4.58. The van der Waals surface area contributed by atoms with Gasteiger partial charge in [-0.15, -0.1) is 21.8 Å². The van der Waals surface area contributed by atoms with Gasteiger partial charge in [0, 0.05) is 11.1 Å². The summed E-state index contributed by atoms with van der Waals surface area (Å²) < 4.78 is 0. The topological polar surface area (TPSA) is 57.1 Å². The molecular weight excluding hydrogens is 300 g/mol. The quantitative estimate of drug-likeness (QED) is 0.885. The lowest BCUT2D eigenvalue weighted by Gasteiger charge is -2.27. The van der Waals surface area contributed by atoms with Crippen molar-refractivity contribution in [2.45, 2.75) is 0 Å². The summed E-state index contributed by atoms with van der Waals surface area (Å²) >= 11 is 5.71. The smallest absolute Gasteiger partial charge is 0.262 e. The first-order valence-corrected chi connectivity index (χ1v) is 7.25. The van der Waals surface area contributed by atoms with Crippen LogP contribution in [0.25, 0.3) is 0 Å². The number of amides is 1. The first kappa shape index (κ1) is 14.3. The van der Waals surface area contributed by atoms with E-state index in [-0.39, 0.29) is 11.8 Å². The Kier molecular flexibility index (Phi) is 4.16. The minimum Gasteiger partial charge on any atom is -0.271 e. The van der Waals surface area contributed by atoms with Crippen molar-refractivity contribution in [3.63, 3.8) is 0 Å². The van der Waals surface area contributed by atoms with E-state index >= 15 is 0 Å². The van der Waals surface area contributed by atoms with Gasteiger partial charge < -0.3 is 0 Å². The van der Waals surface area contributed by atoms with Crippen molar-refractivity contribution in [2.24, 2.45) is 10.2 Å². The highest BCUT2D eigenvalue weighted by Gasteiger charge is 2.25. The number of hydrogen-bond donors (Lipinski definition) is 1. The van der Waals surface area contributed by atoms with Crippen LogP contribution in [0.2, 0.25) is 0 Å². The van der Waals surface area contributed by atoms with Gasteiger partial charge in [0.1, 0.15) is 5.88 Å². The molecule has 6 heteroatoms. The van der Waals surface area contributed by atoms with E-state index in [0.717, 1.165) is 11.1 Å². The van der Waals surface area contributed by atoms with Crippen molar-refractivity contribution in [3.05, 3.63) is 71.8 Å². The second kappa shape index (κ2) is 6.41. The Balaban J connectivity index is 2.01. The molecule has 2 aromatic carbocycles. The van der Waals surface area contributed by atoms with E-state index in [1.807, 2.05) is 60.7 Å². The zero-order valence-electron chi connectivity index (χ0n) is 11.6. The summed E-state index contributed by atoms with van der Waals surface area (Å²) in [7, 11) is 0. The highest BCUT2D eigenvalue weighted by atomic mass is 35.5. The van der Waals surface area contributed by atoms with Crippen LogP contribution in [-0.2, 0) is 4.79 Å². The van der Waals surface area contributed by atoms with E-state index in [2.05, 4.69) is 15.6 Å². The third-order valence-electron chi connectivity index (χ3n) is 3.12. The van der Waals surface area contributed by atoms with Crippen molar-refractivity contribution in [1.82, 2.24) is 10.4 Å². The number of alkyl halides is 1. The summed E-state index contributed by atoms with van der Waals surface area (Å²) in [6, 6.07) is 18.8. The number of carbonyl (C=O) groups is 1. The van der Waals surface area contributed by atoms with E-state index in [1.54, 1.807) is 0 Å². The van der Waals surface area contributed by atoms with Crippen molar-refractivity contribution in [2.75, 3.05) is 5.88 Å². The van der Waals surface area contributed by atoms with Gasteiger partial charge in [0.2, 0.25) is 0 Å². The molecule has 1 aliphatic heterocycles. The van der Waals surface area contributed by atoms with Gasteiger partial charge in [0.05, 0.1) is 0 Å². The zero-order valence-corrected chi connectivity index (χ0v) is 12.4.